The molecular weight excluding hydrogens is 214 g/mol. The van der Waals surface area contributed by atoms with E-state index < -0.39 is 0 Å². The van der Waals surface area contributed by atoms with E-state index in [0.29, 0.717) is 5.92 Å². The SMILES string of the molecule is CC(=O)ON=C1CCCCC1C1=CCCCC1. The summed E-state index contributed by atoms with van der Waals surface area (Å²) >= 11 is 0. The van der Waals surface area contributed by atoms with Crippen molar-refractivity contribution in [2.45, 2.75) is 58.3 Å². The summed E-state index contributed by atoms with van der Waals surface area (Å²) in [7, 11) is 0. The van der Waals surface area contributed by atoms with Gasteiger partial charge in [0.25, 0.3) is 0 Å². The van der Waals surface area contributed by atoms with Crippen molar-refractivity contribution in [2.24, 2.45) is 11.1 Å². The maximum atomic E-state index is 10.8. The van der Waals surface area contributed by atoms with E-state index in [9.17, 15) is 4.79 Å². The van der Waals surface area contributed by atoms with Crippen molar-refractivity contribution in [1.82, 2.24) is 0 Å². The number of carbonyl (C=O) groups is 1. The van der Waals surface area contributed by atoms with Gasteiger partial charge in [-0.3, -0.25) is 0 Å². The Kier molecular flexibility index (Phi) is 4.35. The first kappa shape index (κ1) is 12.3. The fraction of sp³-hybridized carbons (Fsp3) is 0.714. The van der Waals surface area contributed by atoms with Crippen LogP contribution in [0.15, 0.2) is 16.8 Å². The minimum Gasteiger partial charge on any atom is -0.319 e. The van der Waals surface area contributed by atoms with E-state index in [4.69, 9.17) is 4.84 Å². The molecule has 0 heterocycles. The van der Waals surface area contributed by atoms with Crippen LogP contribution in [0.5, 0.6) is 0 Å². The monoisotopic (exact) mass is 235 g/mol. The molecule has 3 nitrogen and oxygen atoms in total. The van der Waals surface area contributed by atoms with E-state index in [-0.39, 0.29) is 5.97 Å². The lowest BCUT2D eigenvalue weighted by Gasteiger charge is -2.27. The van der Waals surface area contributed by atoms with Crippen molar-refractivity contribution in [3.63, 3.8) is 0 Å². The standard InChI is InChI=1S/C14H21NO2/c1-11(16)17-15-14-10-6-5-9-13(14)12-7-3-2-4-8-12/h7,13H,2-6,8-10H2,1H3. The van der Waals surface area contributed by atoms with Crippen molar-refractivity contribution >= 4 is 11.7 Å². The van der Waals surface area contributed by atoms with Gasteiger partial charge in [0.2, 0.25) is 0 Å². The molecule has 0 bridgehead atoms. The first-order valence-corrected chi connectivity index (χ1v) is 6.70. The third-order valence-electron chi connectivity index (χ3n) is 3.64. The zero-order chi connectivity index (χ0) is 12.1. The van der Waals surface area contributed by atoms with Gasteiger partial charge in [-0.25, -0.2) is 4.79 Å². The van der Waals surface area contributed by atoms with Gasteiger partial charge in [-0.15, -0.1) is 0 Å². The minimum absolute atomic E-state index is 0.320. The molecule has 1 atom stereocenters. The Labute approximate surface area is 103 Å². The molecule has 0 aromatic rings. The van der Waals surface area contributed by atoms with Crippen LogP contribution in [0.2, 0.25) is 0 Å². The highest BCUT2D eigenvalue weighted by atomic mass is 16.7. The Bertz CT molecular complexity index is 344. The highest BCUT2D eigenvalue weighted by Gasteiger charge is 2.25. The summed E-state index contributed by atoms with van der Waals surface area (Å²) in [6, 6.07) is 0. The largest absolute Gasteiger partial charge is 0.331 e. The number of oxime groups is 1. The molecule has 1 saturated carbocycles. The predicted octanol–water partition coefficient (Wildman–Crippen LogP) is 3.60. The van der Waals surface area contributed by atoms with E-state index in [0.717, 1.165) is 12.1 Å². The van der Waals surface area contributed by atoms with E-state index in [1.165, 1.54) is 57.4 Å². The zero-order valence-electron chi connectivity index (χ0n) is 10.6. The third kappa shape index (κ3) is 3.42. The van der Waals surface area contributed by atoms with E-state index >= 15 is 0 Å². The molecule has 0 aliphatic heterocycles. The van der Waals surface area contributed by atoms with Crippen molar-refractivity contribution in [3.8, 4) is 0 Å². The Morgan fingerprint density at radius 3 is 2.82 bits per heavy atom. The van der Waals surface area contributed by atoms with E-state index in [1.807, 2.05) is 0 Å². The minimum atomic E-state index is -0.320. The Hall–Kier alpha value is -1.12. The van der Waals surface area contributed by atoms with Crippen LogP contribution in [-0.4, -0.2) is 11.7 Å². The van der Waals surface area contributed by atoms with Crippen LogP contribution in [-0.2, 0) is 9.63 Å². The molecule has 0 N–H and O–H groups in total. The number of nitrogens with zero attached hydrogens (tertiary/aromatic N) is 1. The fourth-order valence-corrected chi connectivity index (χ4v) is 2.81. The molecule has 0 spiro atoms. The van der Waals surface area contributed by atoms with Gasteiger partial charge in [-0.2, -0.15) is 0 Å². The summed E-state index contributed by atoms with van der Waals surface area (Å²) in [5, 5.41) is 4.07. The van der Waals surface area contributed by atoms with Gasteiger partial charge >= 0.3 is 5.97 Å². The van der Waals surface area contributed by atoms with Crippen LogP contribution >= 0.6 is 0 Å². The van der Waals surface area contributed by atoms with Gasteiger partial charge in [0.15, 0.2) is 0 Å². The lowest BCUT2D eigenvalue weighted by Crippen LogP contribution is -2.23. The first-order valence-electron chi connectivity index (χ1n) is 6.70. The first-order chi connectivity index (χ1) is 8.27. The summed E-state index contributed by atoms with van der Waals surface area (Å²) in [6.07, 6.45) is 12.0. The number of hydrogen-bond acceptors (Lipinski definition) is 3. The van der Waals surface area contributed by atoms with Crippen LogP contribution in [0.3, 0.4) is 0 Å². The van der Waals surface area contributed by atoms with Gasteiger partial charge in [0.1, 0.15) is 0 Å². The molecule has 3 heteroatoms. The van der Waals surface area contributed by atoms with Gasteiger partial charge in [0, 0.05) is 12.8 Å². The number of carbonyl (C=O) groups excluding carboxylic acids is 1. The molecular formula is C14H21NO2. The Morgan fingerprint density at radius 2 is 2.12 bits per heavy atom. The molecule has 2 aliphatic rings. The summed E-state index contributed by atoms with van der Waals surface area (Å²) in [6.45, 7) is 1.40. The van der Waals surface area contributed by atoms with Gasteiger partial charge in [0.05, 0.1) is 5.71 Å². The molecule has 17 heavy (non-hydrogen) atoms. The molecule has 0 saturated heterocycles. The molecule has 0 radical (unpaired) electrons. The second kappa shape index (κ2) is 5.99. The smallest absolute Gasteiger partial charge is 0.319 e. The van der Waals surface area contributed by atoms with Crippen molar-refractivity contribution in [3.05, 3.63) is 11.6 Å². The van der Waals surface area contributed by atoms with Crippen LogP contribution < -0.4 is 0 Å². The van der Waals surface area contributed by atoms with Crippen LogP contribution in [0, 0.1) is 5.92 Å². The van der Waals surface area contributed by atoms with Crippen LogP contribution in [0.1, 0.15) is 58.3 Å². The summed E-state index contributed by atoms with van der Waals surface area (Å²) in [5.74, 6) is 0.128. The zero-order valence-corrected chi connectivity index (χ0v) is 10.6. The molecule has 0 aromatic heterocycles. The maximum Gasteiger partial charge on any atom is 0.331 e. The average Bonchev–Trinajstić information content (AvgIpc) is 2.38. The van der Waals surface area contributed by atoms with Crippen molar-refractivity contribution in [2.75, 3.05) is 0 Å². The van der Waals surface area contributed by atoms with E-state index in [2.05, 4.69) is 11.2 Å². The predicted molar refractivity (Wildman–Crippen MR) is 67.7 cm³/mol. The lowest BCUT2D eigenvalue weighted by molar-refractivity contribution is -0.141. The van der Waals surface area contributed by atoms with Crippen LogP contribution in [0.4, 0.5) is 0 Å². The summed E-state index contributed by atoms with van der Waals surface area (Å²) in [4.78, 5) is 15.6. The molecule has 2 aliphatic carbocycles. The van der Waals surface area contributed by atoms with E-state index in [1.54, 1.807) is 0 Å². The maximum absolute atomic E-state index is 10.8. The average molecular weight is 235 g/mol. The van der Waals surface area contributed by atoms with Crippen LogP contribution in [0.25, 0.3) is 0 Å². The molecule has 0 aromatic carbocycles. The normalized spacial score (nSPS) is 27.7. The van der Waals surface area contributed by atoms with Gasteiger partial charge in [-0.05, 0) is 44.9 Å². The van der Waals surface area contributed by atoms with Crippen molar-refractivity contribution in [1.29, 1.82) is 0 Å². The molecule has 0 amide bonds. The molecule has 1 unspecified atom stereocenters. The number of hydrogen-bond donors (Lipinski definition) is 0. The van der Waals surface area contributed by atoms with Gasteiger partial charge in [-0.1, -0.05) is 23.2 Å². The van der Waals surface area contributed by atoms with Gasteiger partial charge < -0.3 is 4.84 Å². The highest BCUT2D eigenvalue weighted by molar-refractivity contribution is 5.89. The topological polar surface area (TPSA) is 38.7 Å². The second-order valence-corrected chi connectivity index (χ2v) is 4.99. The molecule has 94 valence electrons. The Morgan fingerprint density at radius 1 is 1.29 bits per heavy atom. The second-order valence-electron chi connectivity index (χ2n) is 4.99. The summed E-state index contributed by atoms with van der Waals surface area (Å²) < 4.78 is 0. The number of rotatable bonds is 2. The fourth-order valence-electron chi connectivity index (χ4n) is 2.81. The highest BCUT2D eigenvalue weighted by Crippen LogP contribution is 2.33. The third-order valence-corrected chi connectivity index (χ3v) is 3.64. The lowest BCUT2D eigenvalue weighted by atomic mass is 9.78. The molecule has 1 fully saturated rings. The number of allylic oxidation sites excluding steroid dienone is 2. The molecule has 2 rings (SSSR count). The quantitative estimate of drug-likeness (QED) is 0.417. The van der Waals surface area contributed by atoms with Crippen molar-refractivity contribution < 1.29 is 9.63 Å². The summed E-state index contributed by atoms with van der Waals surface area (Å²) in [5.41, 5.74) is 2.61. The Balaban J connectivity index is 2.08.